The van der Waals surface area contributed by atoms with Gasteiger partial charge in [0.2, 0.25) is 20.0 Å². The first-order chi connectivity index (χ1) is 12.9. The summed E-state index contributed by atoms with van der Waals surface area (Å²) in [5, 5.41) is 0. The van der Waals surface area contributed by atoms with Crippen molar-refractivity contribution in [1.82, 2.24) is 14.0 Å². The Labute approximate surface area is 159 Å². The van der Waals surface area contributed by atoms with Crippen LogP contribution in [0.4, 0.5) is 0 Å². The summed E-state index contributed by atoms with van der Waals surface area (Å²) in [6.45, 7) is 0.254. The molecule has 0 bridgehead atoms. The van der Waals surface area contributed by atoms with E-state index in [9.17, 15) is 16.8 Å². The van der Waals surface area contributed by atoms with Gasteiger partial charge in [-0.15, -0.1) is 0 Å². The van der Waals surface area contributed by atoms with Crippen LogP contribution in [0.25, 0.3) is 0 Å². The summed E-state index contributed by atoms with van der Waals surface area (Å²) < 4.78 is 54.8. The summed E-state index contributed by atoms with van der Waals surface area (Å²) in [6, 6.07) is 9.06. The average Bonchev–Trinajstić information content (AvgIpc) is 3.56. The number of hydrogen-bond donors (Lipinski definition) is 1. The molecule has 2 saturated carbocycles. The molecule has 0 atom stereocenters. The summed E-state index contributed by atoms with van der Waals surface area (Å²) in [4.78, 5) is 4.23. The molecule has 2 fully saturated rings. The van der Waals surface area contributed by atoms with Crippen LogP contribution >= 0.6 is 0 Å². The van der Waals surface area contributed by atoms with E-state index in [2.05, 4.69) is 9.71 Å². The van der Waals surface area contributed by atoms with Gasteiger partial charge >= 0.3 is 0 Å². The number of aromatic nitrogens is 1. The molecular formula is C18H21N3O4S2. The molecule has 1 N–H and O–H groups in total. The molecule has 0 radical (unpaired) electrons. The number of nitrogens with one attached hydrogen (secondary N) is 1. The third-order valence-electron chi connectivity index (χ3n) is 4.66. The van der Waals surface area contributed by atoms with E-state index in [1.807, 2.05) is 6.07 Å². The predicted octanol–water partition coefficient (Wildman–Crippen LogP) is 1.88. The minimum atomic E-state index is -3.72. The fraction of sp³-hybridized carbons (Fsp3) is 0.389. The second-order valence-corrected chi connectivity index (χ2v) is 10.6. The second-order valence-electron chi connectivity index (χ2n) is 7.01. The van der Waals surface area contributed by atoms with Gasteiger partial charge in [0.15, 0.2) is 0 Å². The summed E-state index contributed by atoms with van der Waals surface area (Å²) in [5.74, 6) is 0. The second kappa shape index (κ2) is 6.97. The van der Waals surface area contributed by atoms with Gasteiger partial charge in [0.1, 0.15) is 0 Å². The highest BCUT2D eigenvalue weighted by molar-refractivity contribution is 7.89. The van der Waals surface area contributed by atoms with Gasteiger partial charge in [0.25, 0.3) is 0 Å². The molecule has 0 saturated heterocycles. The molecule has 0 unspecified atom stereocenters. The summed E-state index contributed by atoms with van der Waals surface area (Å²) in [7, 11) is -7.32. The summed E-state index contributed by atoms with van der Waals surface area (Å²) in [6.07, 6.45) is 6.65. The van der Waals surface area contributed by atoms with E-state index in [1.165, 1.54) is 28.6 Å². The van der Waals surface area contributed by atoms with Crippen molar-refractivity contribution < 1.29 is 16.8 Å². The lowest BCUT2D eigenvalue weighted by molar-refractivity contribution is 0.398. The lowest BCUT2D eigenvalue weighted by atomic mass is 10.3. The molecule has 7 nitrogen and oxygen atoms in total. The smallest absolute Gasteiger partial charge is 0.243 e. The molecule has 4 rings (SSSR count). The zero-order valence-corrected chi connectivity index (χ0v) is 16.3. The lowest BCUT2D eigenvalue weighted by Crippen LogP contribution is -2.32. The number of sulfonamides is 2. The number of benzene rings is 1. The van der Waals surface area contributed by atoms with Crippen LogP contribution in [0.15, 0.2) is 58.6 Å². The van der Waals surface area contributed by atoms with Crippen molar-refractivity contribution in [2.45, 2.75) is 54.1 Å². The topological polar surface area (TPSA) is 96.4 Å². The number of hydrogen-bond acceptors (Lipinski definition) is 5. The molecule has 0 aliphatic heterocycles. The highest BCUT2D eigenvalue weighted by Crippen LogP contribution is 2.33. The Kier molecular flexibility index (Phi) is 4.79. The first-order valence-electron chi connectivity index (χ1n) is 8.89. The molecule has 2 aromatic rings. The van der Waals surface area contributed by atoms with Crippen molar-refractivity contribution >= 4 is 20.0 Å². The van der Waals surface area contributed by atoms with Crippen LogP contribution in [-0.2, 0) is 26.6 Å². The highest BCUT2D eigenvalue weighted by atomic mass is 32.2. The normalized spacial score (nSPS) is 18.0. The van der Waals surface area contributed by atoms with Gasteiger partial charge in [-0.3, -0.25) is 4.98 Å². The molecule has 0 spiro atoms. The highest BCUT2D eigenvalue weighted by Gasteiger charge is 2.38. The van der Waals surface area contributed by atoms with Gasteiger partial charge in [0, 0.05) is 31.0 Å². The molecule has 27 heavy (non-hydrogen) atoms. The molecule has 9 heteroatoms. The van der Waals surface area contributed by atoms with Gasteiger partial charge in [-0.1, -0.05) is 6.07 Å². The predicted molar refractivity (Wildman–Crippen MR) is 99.8 cm³/mol. The molecule has 1 aromatic heterocycles. The van der Waals surface area contributed by atoms with Crippen LogP contribution < -0.4 is 4.72 Å². The van der Waals surface area contributed by atoms with Gasteiger partial charge in [-0.25, -0.2) is 21.6 Å². The summed E-state index contributed by atoms with van der Waals surface area (Å²) in [5.41, 5.74) is 0.820. The fourth-order valence-corrected chi connectivity index (χ4v) is 5.84. The third-order valence-corrected chi connectivity index (χ3v) is 8.10. The zero-order valence-electron chi connectivity index (χ0n) is 14.7. The van der Waals surface area contributed by atoms with E-state index in [0.717, 1.165) is 31.2 Å². The molecular weight excluding hydrogens is 386 g/mol. The van der Waals surface area contributed by atoms with Crippen LogP contribution in [0, 0.1) is 0 Å². The van der Waals surface area contributed by atoms with E-state index >= 15 is 0 Å². The number of rotatable bonds is 8. The van der Waals surface area contributed by atoms with E-state index < -0.39 is 20.0 Å². The Balaban J connectivity index is 1.58. The van der Waals surface area contributed by atoms with Crippen LogP contribution in [0.5, 0.6) is 0 Å². The minimum absolute atomic E-state index is 0.00301. The van der Waals surface area contributed by atoms with Crippen LogP contribution in [0.2, 0.25) is 0 Å². The molecule has 1 heterocycles. The molecule has 1 aromatic carbocycles. The van der Waals surface area contributed by atoms with E-state index in [1.54, 1.807) is 18.5 Å². The van der Waals surface area contributed by atoms with Crippen molar-refractivity contribution in [1.29, 1.82) is 0 Å². The Morgan fingerprint density at radius 2 is 1.63 bits per heavy atom. The first kappa shape index (κ1) is 18.5. The van der Waals surface area contributed by atoms with Gasteiger partial charge in [0.05, 0.1) is 9.79 Å². The van der Waals surface area contributed by atoms with E-state index in [-0.39, 0.29) is 28.4 Å². The Morgan fingerprint density at radius 1 is 0.963 bits per heavy atom. The third kappa shape index (κ3) is 4.21. The molecule has 0 amide bonds. The van der Waals surface area contributed by atoms with E-state index in [0.29, 0.717) is 0 Å². The lowest BCUT2D eigenvalue weighted by Gasteiger charge is -2.22. The van der Waals surface area contributed by atoms with Crippen LogP contribution in [0.3, 0.4) is 0 Å². The maximum atomic E-state index is 13.1. The first-order valence-corrected chi connectivity index (χ1v) is 11.8. The van der Waals surface area contributed by atoms with Crippen LogP contribution in [0.1, 0.15) is 31.2 Å². The maximum Gasteiger partial charge on any atom is 0.243 e. The Bertz CT molecular complexity index is 1010. The van der Waals surface area contributed by atoms with Gasteiger partial charge in [-0.2, -0.15) is 4.31 Å². The molecule has 2 aliphatic carbocycles. The Hall–Kier alpha value is -1.81. The van der Waals surface area contributed by atoms with Crippen LogP contribution in [-0.4, -0.2) is 38.2 Å². The molecule has 2 aliphatic rings. The number of nitrogens with zero attached hydrogens (tertiary/aromatic N) is 2. The SMILES string of the molecule is O=S(=O)(NC1CC1)c1ccc(S(=O)(=O)N(Cc2cccnc2)C2CC2)cc1. The summed E-state index contributed by atoms with van der Waals surface area (Å²) >= 11 is 0. The van der Waals surface area contributed by atoms with Crippen molar-refractivity contribution in [3.05, 3.63) is 54.4 Å². The van der Waals surface area contributed by atoms with Gasteiger partial charge in [-0.05, 0) is 61.6 Å². The van der Waals surface area contributed by atoms with Crippen molar-refractivity contribution in [3.63, 3.8) is 0 Å². The van der Waals surface area contributed by atoms with Crippen molar-refractivity contribution in [2.75, 3.05) is 0 Å². The van der Waals surface area contributed by atoms with Gasteiger partial charge < -0.3 is 0 Å². The fourth-order valence-electron chi connectivity index (χ4n) is 2.86. The van der Waals surface area contributed by atoms with Crippen molar-refractivity contribution in [3.8, 4) is 0 Å². The number of pyridine rings is 1. The van der Waals surface area contributed by atoms with E-state index in [4.69, 9.17) is 0 Å². The molecule has 144 valence electrons. The zero-order chi connectivity index (χ0) is 19.1. The minimum Gasteiger partial charge on any atom is -0.264 e. The maximum absolute atomic E-state index is 13.1. The quantitative estimate of drug-likeness (QED) is 0.721. The standard InChI is InChI=1S/C18H21N3O4S2/c22-26(23,20-15-3-4-15)17-7-9-18(10-8-17)27(24,25)21(16-5-6-16)13-14-2-1-11-19-12-14/h1-2,7-12,15-16,20H,3-6,13H2. The largest absolute Gasteiger partial charge is 0.264 e. The Morgan fingerprint density at radius 3 is 2.19 bits per heavy atom. The van der Waals surface area contributed by atoms with Crippen molar-refractivity contribution in [2.24, 2.45) is 0 Å². The average molecular weight is 408 g/mol. The monoisotopic (exact) mass is 407 g/mol.